The van der Waals surface area contributed by atoms with Crippen molar-refractivity contribution in [1.29, 1.82) is 0 Å². The summed E-state index contributed by atoms with van der Waals surface area (Å²) in [6.45, 7) is 15.5. The molecule has 2 heterocycles. The fourth-order valence-corrected chi connectivity index (χ4v) is 8.47. The third kappa shape index (κ3) is 18.0. The zero-order valence-electron chi connectivity index (χ0n) is 32.9. The maximum Gasteiger partial charge on any atom is 0.334 e. The molecule has 0 saturated carbocycles. The average molecular weight is 711 g/mol. The van der Waals surface area contributed by atoms with E-state index in [1.165, 1.54) is 64.2 Å². The van der Waals surface area contributed by atoms with Gasteiger partial charge in [-0.3, -0.25) is 0 Å². The minimum absolute atomic E-state index is 0.0501. The molecule has 0 amide bonds. The van der Waals surface area contributed by atoms with Gasteiger partial charge in [-0.1, -0.05) is 124 Å². The van der Waals surface area contributed by atoms with Crippen molar-refractivity contribution >= 4 is 14.3 Å². The number of aliphatic hydroxyl groups excluding tert-OH is 3. The summed E-state index contributed by atoms with van der Waals surface area (Å²) in [6.07, 6.45) is 24.1. The molecule has 0 bridgehead atoms. The molecule has 1 fully saturated rings. The molecule has 49 heavy (non-hydrogen) atoms. The summed E-state index contributed by atoms with van der Waals surface area (Å²) >= 11 is 0. The van der Waals surface area contributed by atoms with Gasteiger partial charge >= 0.3 is 5.97 Å². The van der Waals surface area contributed by atoms with Crippen LogP contribution in [-0.4, -0.2) is 72.3 Å². The lowest BCUT2D eigenvalue weighted by Crippen LogP contribution is -2.44. The maximum absolute atomic E-state index is 12.3. The SMILES string of the molecule is CCCCCCCCCCCC[C@@H](O)[C@H](O)CC[C@H](O)[C@@H]1CC[C@H](CCCCCCC[C@H](CC2=C[C@H](C)OC2=O)O[Si](C)(C)C(C)(C)C)O1. The highest BCUT2D eigenvalue weighted by molar-refractivity contribution is 6.74. The highest BCUT2D eigenvalue weighted by Crippen LogP contribution is 2.39. The molecule has 0 aromatic rings. The number of cyclic esters (lactones) is 1. The van der Waals surface area contributed by atoms with E-state index in [0.29, 0.717) is 25.7 Å². The Morgan fingerprint density at radius 3 is 1.92 bits per heavy atom. The first-order valence-corrected chi connectivity index (χ1v) is 23.4. The molecule has 288 valence electrons. The molecular formula is C41H78O7Si. The average Bonchev–Trinajstić information content (AvgIpc) is 3.64. The first-order valence-electron chi connectivity index (χ1n) is 20.5. The maximum atomic E-state index is 12.3. The van der Waals surface area contributed by atoms with Gasteiger partial charge in [0, 0.05) is 18.1 Å². The second kappa shape index (κ2) is 23.7. The van der Waals surface area contributed by atoms with Crippen LogP contribution in [0.4, 0.5) is 0 Å². The summed E-state index contributed by atoms with van der Waals surface area (Å²) in [7, 11) is -1.95. The van der Waals surface area contributed by atoms with E-state index in [2.05, 4.69) is 40.8 Å². The lowest BCUT2D eigenvalue weighted by Gasteiger charge is -2.39. The van der Waals surface area contributed by atoms with E-state index in [4.69, 9.17) is 13.9 Å². The van der Waals surface area contributed by atoms with Crippen molar-refractivity contribution in [3.05, 3.63) is 11.6 Å². The van der Waals surface area contributed by atoms with Gasteiger partial charge < -0.3 is 29.2 Å². The molecule has 0 radical (unpaired) electrons. The summed E-state index contributed by atoms with van der Waals surface area (Å²) in [4.78, 5) is 12.3. The Morgan fingerprint density at radius 2 is 1.35 bits per heavy atom. The fraction of sp³-hybridized carbons (Fsp3) is 0.927. The van der Waals surface area contributed by atoms with Gasteiger partial charge in [-0.15, -0.1) is 0 Å². The van der Waals surface area contributed by atoms with Crippen molar-refractivity contribution in [2.75, 3.05) is 0 Å². The Bertz CT molecular complexity index is 916. The predicted molar refractivity (Wildman–Crippen MR) is 204 cm³/mol. The minimum atomic E-state index is -1.95. The third-order valence-corrected chi connectivity index (χ3v) is 15.9. The first-order chi connectivity index (χ1) is 23.2. The summed E-state index contributed by atoms with van der Waals surface area (Å²) in [6, 6.07) is 0. The highest BCUT2D eigenvalue weighted by atomic mass is 28.4. The summed E-state index contributed by atoms with van der Waals surface area (Å²) in [5.41, 5.74) is 0.768. The molecular weight excluding hydrogens is 633 g/mol. The topological polar surface area (TPSA) is 105 Å². The molecule has 0 spiro atoms. The lowest BCUT2D eigenvalue weighted by molar-refractivity contribution is -0.139. The van der Waals surface area contributed by atoms with Gasteiger partial charge in [0.15, 0.2) is 8.32 Å². The van der Waals surface area contributed by atoms with Gasteiger partial charge in [0.25, 0.3) is 0 Å². The zero-order chi connectivity index (χ0) is 36.3. The van der Waals surface area contributed by atoms with Crippen LogP contribution < -0.4 is 0 Å². The molecule has 2 aliphatic rings. The molecule has 2 aliphatic heterocycles. The van der Waals surface area contributed by atoms with Gasteiger partial charge in [-0.05, 0) is 76.1 Å². The van der Waals surface area contributed by atoms with Gasteiger partial charge in [0.2, 0.25) is 0 Å². The third-order valence-electron chi connectivity index (χ3n) is 11.4. The largest absolute Gasteiger partial charge is 0.455 e. The normalized spacial score (nSPS) is 22.6. The van der Waals surface area contributed by atoms with Crippen molar-refractivity contribution in [1.82, 2.24) is 0 Å². The number of rotatable bonds is 28. The predicted octanol–water partition coefficient (Wildman–Crippen LogP) is 10.1. The zero-order valence-corrected chi connectivity index (χ0v) is 33.9. The van der Waals surface area contributed by atoms with Crippen LogP contribution in [0.25, 0.3) is 0 Å². The number of carbonyl (C=O) groups is 1. The molecule has 7 atom stereocenters. The molecule has 2 rings (SSSR count). The minimum Gasteiger partial charge on any atom is -0.455 e. The smallest absolute Gasteiger partial charge is 0.334 e. The Morgan fingerprint density at radius 1 is 0.796 bits per heavy atom. The van der Waals surface area contributed by atoms with Crippen LogP contribution in [0.1, 0.15) is 182 Å². The van der Waals surface area contributed by atoms with E-state index in [1.807, 2.05) is 13.0 Å². The van der Waals surface area contributed by atoms with E-state index in [-0.39, 0.29) is 35.4 Å². The summed E-state index contributed by atoms with van der Waals surface area (Å²) < 4.78 is 18.3. The van der Waals surface area contributed by atoms with Crippen LogP contribution in [0.15, 0.2) is 11.6 Å². The molecule has 3 N–H and O–H groups in total. The fourth-order valence-electron chi connectivity index (χ4n) is 7.08. The Kier molecular flexibility index (Phi) is 21.5. The van der Waals surface area contributed by atoms with Crippen molar-refractivity contribution in [3.8, 4) is 0 Å². The number of esters is 1. The number of hydrogen-bond acceptors (Lipinski definition) is 7. The molecule has 1 saturated heterocycles. The lowest BCUT2D eigenvalue weighted by atomic mass is 9.97. The van der Waals surface area contributed by atoms with Crippen LogP contribution in [0.2, 0.25) is 18.1 Å². The number of unbranched alkanes of at least 4 members (excludes halogenated alkanes) is 13. The van der Waals surface area contributed by atoms with Crippen LogP contribution in [0, 0.1) is 0 Å². The number of ether oxygens (including phenoxy) is 2. The Hall–Kier alpha value is -0.773. The molecule has 7 nitrogen and oxygen atoms in total. The quantitative estimate of drug-likeness (QED) is 0.0422. The van der Waals surface area contributed by atoms with Gasteiger partial charge in [0.05, 0.1) is 30.5 Å². The Balaban J connectivity index is 1.55. The van der Waals surface area contributed by atoms with E-state index in [1.54, 1.807) is 0 Å². The molecule has 0 aromatic carbocycles. The van der Waals surface area contributed by atoms with Crippen molar-refractivity contribution in [2.45, 2.75) is 243 Å². The second-order valence-corrected chi connectivity index (χ2v) is 21.7. The monoisotopic (exact) mass is 711 g/mol. The van der Waals surface area contributed by atoms with Crippen LogP contribution in [0.3, 0.4) is 0 Å². The van der Waals surface area contributed by atoms with E-state index >= 15 is 0 Å². The molecule has 0 unspecified atom stereocenters. The Labute approximate surface area is 302 Å². The molecule has 8 heteroatoms. The van der Waals surface area contributed by atoms with Crippen molar-refractivity contribution in [2.24, 2.45) is 0 Å². The standard InChI is InChI=1S/C41H78O7Si/c1-8-9-10-11-12-13-14-15-19-22-25-36(42)37(43)27-28-38(44)39-29-26-34(47-39)23-20-17-16-18-21-24-35(48-49(6,7)41(3,4)5)31-33-30-32(2)46-40(33)45/h30,32,34-39,42-44H,8-29,31H2,1-7H3/t32-,34-,35+,36+,37+,38-,39-/m0/s1. The van der Waals surface area contributed by atoms with Crippen LogP contribution in [-0.2, 0) is 18.7 Å². The van der Waals surface area contributed by atoms with Crippen LogP contribution in [0.5, 0.6) is 0 Å². The number of aliphatic hydroxyl groups is 3. The van der Waals surface area contributed by atoms with E-state index < -0.39 is 26.6 Å². The number of hydrogen-bond donors (Lipinski definition) is 3. The number of carbonyl (C=O) groups excluding carboxylic acids is 1. The van der Waals surface area contributed by atoms with Crippen molar-refractivity contribution < 1.29 is 34.0 Å². The van der Waals surface area contributed by atoms with Crippen molar-refractivity contribution in [3.63, 3.8) is 0 Å². The second-order valence-electron chi connectivity index (χ2n) is 17.0. The molecule has 0 aromatic heterocycles. The van der Waals surface area contributed by atoms with Crippen LogP contribution >= 0.6 is 0 Å². The van der Waals surface area contributed by atoms with Gasteiger partial charge in [-0.25, -0.2) is 4.79 Å². The first kappa shape index (κ1) is 44.4. The van der Waals surface area contributed by atoms with E-state index in [9.17, 15) is 20.1 Å². The van der Waals surface area contributed by atoms with E-state index in [0.717, 1.165) is 63.4 Å². The summed E-state index contributed by atoms with van der Waals surface area (Å²) in [5.74, 6) is -0.188. The highest BCUT2D eigenvalue weighted by Gasteiger charge is 2.40. The molecule has 0 aliphatic carbocycles. The van der Waals surface area contributed by atoms with Gasteiger partial charge in [-0.2, -0.15) is 0 Å². The summed E-state index contributed by atoms with van der Waals surface area (Å²) in [5, 5.41) is 31.8. The van der Waals surface area contributed by atoms with Gasteiger partial charge in [0.1, 0.15) is 6.10 Å².